The van der Waals surface area contributed by atoms with Gasteiger partial charge < -0.3 is 10.1 Å². The van der Waals surface area contributed by atoms with E-state index in [1.54, 1.807) is 30.3 Å². The van der Waals surface area contributed by atoms with Crippen LogP contribution in [0, 0.1) is 12.8 Å². The van der Waals surface area contributed by atoms with Gasteiger partial charge in [0.2, 0.25) is 0 Å². The van der Waals surface area contributed by atoms with E-state index in [-0.39, 0.29) is 24.8 Å². The zero-order valence-corrected chi connectivity index (χ0v) is 14.3. The van der Waals surface area contributed by atoms with Crippen molar-refractivity contribution in [1.82, 2.24) is 5.32 Å². The molecule has 1 atom stereocenters. The number of hydrogen-bond acceptors (Lipinski definition) is 4. The van der Waals surface area contributed by atoms with Gasteiger partial charge in [-0.15, -0.1) is 0 Å². The number of nitrogens with one attached hydrogen (secondary N) is 1. The highest BCUT2D eigenvalue weighted by Gasteiger charge is 2.25. The van der Waals surface area contributed by atoms with E-state index >= 15 is 0 Å². The summed E-state index contributed by atoms with van der Waals surface area (Å²) < 4.78 is 5.22. The number of carbonyl (C=O) groups is 3. The molecule has 0 aliphatic rings. The summed E-state index contributed by atoms with van der Waals surface area (Å²) in [5, 5.41) is 2.61. The van der Waals surface area contributed by atoms with Crippen LogP contribution in [0.2, 0.25) is 0 Å². The summed E-state index contributed by atoms with van der Waals surface area (Å²) in [5.74, 6) is -2.33. The summed E-state index contributed by atoms with van der Waals surface area (Å²) in [5.41, 5.74) is 2.42. The van der Waals surface area contributed by atoms with Crippen molar-refractivity contribution >= 4 is 17.7 Å². The lowest BCUT2D eigenvalue weighted by Gasteiger charge is -2.14. The maximum Gasteiger partial charge on any atom is 0.318 e. The molecule has 25 heavy (non-hydrogen) atoms. The Kier molecular flexibility index (Phi) is 6.46. The lowest BCUT2D eigenvalue weighted by Crippen LogP contribution is -2.37. The van der Waals surface area contributed by atoms with Crippen LogP contribution < -0.4 is 5.32 Å². The van der Waals surface area contributed by atoms with Gasteiger partial charge in [-0.05, 0) is 31.5 Å². The molecule has 2 aromatic rings. The lowest BCUT2D eigenvalue weighted by atomic mass is 10.1. The summed E-state index contributed by atoms with van der Waals surface area (Å²) in [7, 11) is 0. The lowest BCUT2D eigenvalue weighted by molar-refractivity contribution is -0.152. The standard InChI is InChI=1S/C20H21NO4/c1-14-8-10-16(11-9-14)13-25-20(24)18(15(2)22)12-21-19(23)17-6-4-3-5-7-17/h3-11,18H,12-13H2,1-2H3,(H,21,23). The van der Waals surface area contributed by atoms with Crippen LogP contribution in [-0.2, 0) is 20.9 Å². The zero-order chi connectivity index (χ0) is 18.2. The molecule has 0 heterocycles. The number of esters is 1. The Bertz CT molecular complexity index is 738. The normalized spacial score (nSPS) is 11.4. The quantitative estimate of drug-likeness (QED) is 0.622. The summed E-state index contributed by atoms with van der Waals surface area (Å²) in [6.45, 7) is 3.29. The van der Waals surface area contributed by atoms with Gasteiger partial charge in [0.1, 0.15) is 18.3 Å². The van der Waals surface area contributed by atoms with Gasteiger partial charge in [0.25, 0.3) is 5.91 Å². The third-order valence-electron chi connectivity index (χ3n) is 3.78. The van der Waals surface area contributed by atoms with Crippen molar-refractivity contribution in [1.29, 1.82) is 0 Å². The average molecular weight is 339 g/mol. The number of rotatable bonds is 7. The predicted octanol–water partition coefficient (Wildman–Crippen LogP) is 2.67. The van der Waals surface area contributed by atoms with Crippen LogP contribution >= 0.6 is 0 Å². The number of aryl methyl sites for hydroxylation is 1. The fourth-order valence-electron chi connectivity index (χ4n) is 2.22. The minimum atomic E-state index is -1.02. The smallest absolute Gasteiger partial charge is 0.318 e. The molecule has 1 amide bonds. The molecule has 2 rings (SSSR count). The van der Waals surface area contributed by atoms with Gasteiger partial charge in [0, 0.05) is 12.1 Å². The van der Waals surface area contributed by atoms with Crippen LogP contribution in [0.25, 0.3) is 0 Å². The van der Waals surface area contributed by atoms with Crippen LogP contribution in [0.3, 0.4) is 0 Å². The maximum absolute atomic E-state index is 12.2. The Labute approximate surface area is 147 Å². The molecule has 1 N–H and O–H groups in total. The van der Waals surface area contributed by atoms with Gasteiger partial charge in [-0.2, -0.15) is 0 Å². The fraction of sp³-hybridized carbons (Fsp3) is 0.250. The first-order chi connectivity index (χ1) is 12.0. The van der Waals surface area contributed by atoms with Crippen LogP contribution in [-0.4, -0.2) is 24.2 Å². The molecule has 0 aliphatic carbocycles. The van der Waals surface area contributed by atoms with Crippen LogP contribution in [0.1, 0.15) is 28.4 Å². The Morgan fingerprint density at radius 2 is 1.64 bits per heavy atom. The number of ketones is 1. The van der Waals surface area contributed by atoms with Crippen molar-refractivity contribution in [3.63, 3.8) is 0 Å². The maximum atomic E-state index is 12.2. The zero-order valence-electron chi connectivity index (χ0n) is 14.3. The predicted molar refractivity (Wildman–Crippen MR) is 93.9 cm³/mol. The molecular formula is C20H21NO4. The first-order valence-electron chi connectivity index (χ1n) is 8.03. The molecule has 1 unspecified atom stereocenters. The van der Waals surface area contributed by atoms with Crippen molar-refractivity contribution in [2.75, 3.05) is 6.54 Å². The molecule has 5 nitrogen and oxygen atoms in total. The van der Waals surface area contributed by atoms with Crippen molar-refractivity contribution in [2.24, 2.45) is 5.92 Å². The summed E-state index contributed by atoms with van der Waals surface area (Å²) >= 11 is 0. The molecule has 0 saturated heterocycles. The molecule has 0 fully saturated rings. The molecule has 0 aromatic heterocycles. The summed E-state index contributed by atoms with van der Waals surface area (Å²) in [6.07, 6.45) is 0. The third-order valence-corrected chi connectivity index (χ3v) is 3.78. The van der Waals surface area contributed by atoms with Crippen molar-refractivity contribution in [3.8, 4) is 0 Å². The Morgan fingerprint density at radius 1 is 1.00 bits per heavy atom. The van der Waals surface area contributed by atoms with E-state index in [9.17, 15) is 14.4 Å². The second kappa shape index (κ2) is 8.78. The topological polar surface area (TPSA) is 72.5 Å². The highest BCUT2D eigenvalue weighted by Crippen LogP contribution is 2.08. The van der Waals surface area contributed by atoms with E-state index < -0.39 is 11.9 Å². The highest BCUT2D eigenvalue weighted by molar-refractivity contribution is 5.99. The Hall–Kier alpha value is -2.95. The Morgan fingerprint density at radius 3 is 2.24 bits per heavy atom. The van der Waals surface area contributed by atoms with E-state index in [0.717, 1.165) is 11.1 Å². The van der Waals surface area contributed by atoms with E-state index in [0.29, 0.717) is 5.56 Å². The van der Waals surface area contributed by atoms with Crippen molar-refractivity contribution in [3.05, 3.63) is 71.3 Å². The Balaban J connectivity index is 1.90. The minimum absolute atomic E-state index is 0.0875. The van der Waals surface area contributed by atoms with Gasteiger partial charge in [0.15, 0.2) is 0 Å². The summed E-state index contributed by atoms with van der Waals surface area (Å²) in [6, 6.07) is 16.2. The van der Waals surface area contributed by atoms with Crippen LogP contribution in [0.4, 0.5) is 0 Å². The summed E-state index contributed by atoms with van der Waals surface area (Å²) in [4.78, 5) is 35.9. The number of benzene rings is 2. The van der Waals surface area contributed by atoms with E-state index in [1.165, 1.54) is 6.92 Å². The van der Waals surface area contributed by atoms with Crippen LogP contribution in [0.15, 0.2) is 54.6 Å². The molecule has 0 radical (unpaired) electrons. The molecule has 5 heteroatoms. The van der Waals surface area contributed by atoms with E-state index in [2.05, 4.69) is 5.32 Å². The number of hydrogen-bond donors (Lipinski definition) is 1. The number of ether oxygens (including phenoxy) is 1. The van der Waals surface area contributed by atoms with Gasteiger partial charge >= 0.3 is 5.97 Å². The SMILES string of the molecule is CC(=O)C(CNC(=O)c1ccccc1)C(=O)OCc1ccc(C)cc1. The fourth-order valence-corrected chi connectivity index (χ4v) is 2.22. The molecule has 0 aliphatic heterocycles. The van der Waals surface area contributed by atoms with Gasteiger partial charge in [0.05, 0.1) is 0 Å². The first kappa shape index (κ1) is 18.4. The minimum Gasteiger partial charge on any atom is -0.460 e. The van der Waals surface area contributed by atoms with Crippen molar-refractivity contribution < 1.29 is 19.1 Å². The molecule has 2 aromatic carbocycles. The second-order valence-corrected chi connectivity index (χ2v) is 5.83. The number of carbonyl (C=O) groups excluding carboxylic acids is 3. The van der Waals surface area contributed by atoms with Gasteiger partial charge in [-0.3, -0.25) is 14.4 Å². The molecular weight excluding hydrogens is 318 g/mol. The third kappa shape index (κ3) is 5.57. The molecule has 0 bridgehead atoms. The monoisotopic (exact) mass is 339 g/mol. The largest absolute Gasteiger partial charge is 0.460 e. The number of Topliss-reactive ketones (excluding diaryl/α,β-unsaturated/α-hetero) is 1. The average Bonchev–Trinajstić information content (AvgIpc) is 2.61. The van der Waals surface area contributed by atoms with E-state index in [1.807, 2.05) is 31.2 Å². The van der Waals surface area contributed by atoms with Crippen LogP contribution in [0.5, 0.6) is 0 Å². The van der Waals surface area contributed by atoms with Gasteiger partial charge in [-0.25, -0.2) is 0 Å². The highest BCUT2D eigenvalue weighted by atomic mass is 16.5. The molecule has 130 valence electrons. The van der Waals surface area contributed by atoms with Gasteiger partial charge in [-0.1, -0.05) is 48.0 Å². The number of amides is 1. The van der Waals surface area contributed by atoms with Crippen molar-refractivity contribution in [2.45, 2.75) is 20.5 Å². The van der Waals surface area contributed by atoms with E-state index in [4.69, 9.17) is 4.74 Å². The first-order valence-corrected chi connectivity index (χ1v) is 8.03. The molecule has 0 spiro atoms. The molecule has 0 saturated carbocycles. The second-order valence-electron chi connectivity index (χ2n) is 5.83.